The van der Waals surface area contributed by atoms with E-state index in [0.29, 0.717) is 22.3 Å². The molecule has 0 aliphatic rings. The van der Waals surface area contributed by atoms with Gasteiger partial charge in [0.15, 0.2) is 0 Å². The number of aromatic nitrogens is 1. The minimum absolute atomic E-state index is 0.252. The lowest BCUT2D eigenvalue weighted by atomic mass is 10.3. The average molecular weight is 396 g/mol. The zero-order valence-corrected chi connectivity index (χ0v) is 15.5. The number of methoxy groups -OCH3 is 1. The monoisotopic (exact) mass is 395 g/mol. The first-order valence-electron chi connectivity index (χ1n) is 7.11. The van der Waals surface area contributed by atoms with Crippen molar-refractivity contribution in [2.75, 3.05) is 17.1 Å². The molecule has 2 aromatic heterocycles. The Kier molecular flexibility index (Phi) is 5.12. The van der Waals surface area contributed by atoms with Crippen LogP contribution in [0.1, 0.15) is 0 Å². The van der Waals surface area contributed by atoms with Gasteiger partial charge in [-0.1, -0.05) is 17.7 Å². The molecule has 2 heterocycles. The van der Waals surface area contributed by atoms with Crippen LogP contribution in [-0.4, -0.2) is 20.5 Å². The molecule has 0 unspecified atom stereocenters. The molecule has 2 N–H and O–H groups in total. The van der Waals surface area contributed by atoms with Crippen molar-refractivity contribution in [2.24, 2.45) is 0 Å². The molecule has 0 spiro atoms. The Bertz CT molecular complexity index is 959. The number of rotatable bonds is 6. The van der Waals surface area contributed by atoms with Gasteiger partial charge in [-0.05, 0) is 41.8 Å². The summed E-state index contributed by atoms with van der Waals surface area (Å²) in [6, 6.07) is 11.8. The smallest absolute Gasteiger partial charge is 0.271 e. The van der Waals surface area contributed by atoms with Crippen LogP contribution in [0.15, 0.2) is 58.3 Å². The molecule has 25 heavy (non-hydrogen) atoms. The third kappa shape index (κ3) is 4.22. The third-order valence-electron chi connectivity index (χ3n) is 3.20. The number of nitrogens with one attached hydrogen (secondary N) is 2. The van der Waals surface area contributed by atoms with Gasteiger partial charge in [-0.2, -0.15) is 0 Å². The third-order valence-corrected chi connectivity index (χ3v) is 6.27. The number of anilines is 3. The normalized spacial score (nSPS) is 11.1. The summed E-state index contributed by atoms with van der Waals surface area (Å²) in [5, 5.41) is 5.27. The van der Waals surface area contributed by atoms with Crippen LogP contribution in [0, 0.1) is 0 Å². The zero-order valence-electron chi connectivity index (χ0n) is 13.1. The second-order valence-corrected chi connectivity index (χ2v) is 8.21. The van der Waals surface area contributed by atoms with Crippen LogP contribution in [0.3, 0.4) is 0 Å². The summed E-state index contributed by atoms with van der Waals surface area (Å²) in [5.41, 5.74) is 1.12. The highest BCUT2D eigenvalue weighted by Gasteiger charge is 2.15. The molecule has 0 saturated carbocycles. The van der Waals surface area contributed by atoms with E-state index >= 15 is 0 Å². The van der Waals surface area contributed by atoms with Gasteiger partial charge in [-0.15, -0.1) is 11.3 Å². The Morgan fingerprint density at radius 3 is 2.56 bits per heavy atom. The number of nitrogens with zero attached hydrogens (tertiary/aromatic N) is 1. The van der Waals surface area contributed by atoms with Gasteiger partial charge >= 0.3 is 0 Å². The molecule has 3 rings (SSSR count). The Labute approximate surface area is 154 Å². The van der Waals surface area contributed by atoms with Crippen molar-refractivity contribution < 1.29 is 13.2 Å². The maximum atomic E-state index is 12.2. The number of benzene rings is 1. The van der Waals surface area contributed by atoms with Crippen LogP contribution >= 0.6 is 22.9 Å². The minimum atomic E-state index is -3.58. The first kappa shape index (κ1) is 17.5. The van der Waals surface area contributed by atoms with E-state index in [-0.39, 0.29) is 4.21 Å². The molecule has 9 heteroatoms. The van der Waals surface area contributed by atoms with Gasteiger partial charge in [0.1, 0.15) is 15.8 Å². The van der Waals surface area contributed by atoms with E-state index in [1.54, 1.807) is 55.0 Å². The maximum absolute atomic E-state index is 12.2. The Morgan fingerprint density at radius 2 is 1.96 bits per heavy atom. The van der Waals surface area contributed by atoms with Gasteiger partial charge in [-0.3, -0.25) is 4.72 Å². The molecule has 1 aromatic carbocycles. The van der Waals surface area contributed by atoms with Gasteiger partial charge in [0.25, 0.3) is 10.0 Å². The molecular formula is C16H14ClN3O3S2. The molecule has 0 radical (unpaired) electrons. The second kappa shape index (κ2) is 7.30. The fraction of sp³-hybridized carbons (Fsp3) is 0.0625. The summed E-state index contributed by atoms with van der Waals surface area (Å²) in [7, 11) is -2.03. The number of thiophene rings is 1. The number of hydrogen-bond donors (Lipinski definition) is 2. The van der Waals surface area contributed by atoms with Crippen molar-refractivity contribution in [2.45, 2.75) is 4.21 Å². The highest BCUT2D eigenvalue weighted by molar-refractivity contribution is 7.94. The summed E-state index contributed by atoms with van der Waals surface area (Å²) in [5.74, 6) is 1.14. The van der Waals surface area contributed by atoms with E-state index in [2.05, 4.69) is 15.0 Å². The molecule has 0 saturated heterocycles. The van der Waals surface area contributed by atoms with E-state index < -0.39 is 10.0 Å². The van der Waals surface area contributed by atoms with Crippen molar-refractivity contribution in [3.8, 4) is 5.75 Å². The van der Waals surface area contributed by atoms with Crippen LogP contribution in [0.4, 0.5) is 17.2 Å². The van der Waals surface area contributed by atoms with Gasteiger partial charge in [0.2, 0.25) is 0 Å². The minimum Gasteiger partial charge on any atom is -0.495 e. The number of sulfonamides is 1. The Hall–Kier alpha value is -2.29. The van der Waals surface area contributed by atoms with E-state index in [0.717, 1.165) is 17.0 Å². The topological polar surface area (TPSA) is 80.3 Å². The molecule has 3 aromatic rings. The second-order valence-electron chi connectivity index (χ2n) is 4.94. The molecule has 0 aliphatic heterocycles. The molecule has 0 fully saturated rings. The molecule has 0 aliphatic carbocycles. The van der Waals surface area contributed by atoms with Gasteiger partial charge in [0, 0.05) is 5.69 Å². The predicted octanol–water partition coefficient (Wildman–Crippen LogP) is 4.35. The number of hydrogen-bond acceptors (Lipinski definition) is 6. The molecule has 6 nitrogen and oxygen atoms in total. The quantitative estimate of drug-likeness (QED) is 0.648. The first-order chi connectivity index (χ1) is 12.0. The van der Waals surface area contributed by atoms with Gasteiger partial charge in [0.05, 0.1) is 24.0 Å². The van der Waals surface area contributed by atoms with Crippen LogP contribution in [0.2, 0.25) is 5.02 Å². The van der Waals surface area contributed by atoms with Crippen molar-refractivity contribution in [3.05, 3.63) is 59.1 Å². The molecule has 0 amide bonds. The average Bonchev–Trinajstić information content (AvgIpc) is 3.12. The van der Waals surface area contributed by atoms with Crippen LogP contribution in [0.5, 0.6) is 5.75 Å². The molecule has 0 atom stereocenters. The summed E-state index contributed by atoms with van der Waals surface area (Å²) in [6.07, 6.45) is 1.44. The largest absolute Gasteiger partial charge is 0.495 e. The van der Waals surface area contributed by atoms with Crippen molar-refractivity contribution in [1.29, 1.82) is 0 Å². The lowest BCUT2D eigenvalue weighted by molar-refractivity contribution is 0.415. The molecular weight excluding hydrogens is 382 g/mol. The summed E-state index contributed by atoms with van der Waals surface area (Å²) < 4.78 is 32.2. The first-order valence-corrected chi connectivity index (χ1v) is 9.85. The highest BCUT2D eigenvalue weighted by atomic mass is 35.5. The summed E-state index contributed by atoms with van der Waals surface area (Å²) in [6.45, 7) is 0. The van der Waals surface area contributed by atoms with Gasteiger partial charge < -0.3 is 10.1 Å². The molecule has 130 valence electrons. The fourth-order valence-corrected chi connectivity index (χ4v) is 4.34. The lowest BCUT2D eigenvalue weighted by Gasteiger charge is -2.10. The predicted molar refractivity (Wildman–Crippen MR) is 101 cm³/mol. The number of ether oxygens (including phenoxy) is 1. The van der Waals surface area contributed by atoms with Crippen LogP contribution in [-0.2, 0) is 10.0 Å². The Balaban J connectivity index is 1.71. The van der Waals surface area contributed by atoms with E-state index in [4.69, 9.17) is 16.3 Å². The van der Waals surface area contributed by atoms with E-state index in [1.807, 2.05) is 0 Å². The standard InChI is InChI=1S/C16H14ClN3O3S2/c1-23-14-6-4-11(9-13(14)17)19-15-7-5-12(10-18-15)20-25(21,22)16-3-2-8-24-16/h2-10,20H,1H3,(H,18,19). The number of pyridine rings is 1. The van der Waals surface area contributed by atoms with Crippen LogP contribution < -0.4 is 14.8 Å². The van der Waals surface area contributed by atoms with Crippen molar-refractivity contribution >= 4 is 50.2 Å². The zero-order chi connectivity index (χ0) is 17.9. The van der Waals surface area contributed by atoms with E-state index in [9.17, 15) is 8.42 Å². The highest BCUT2D eigenvalue weighted by Crippen LogP contribution is 2.28. The SMILES string of the molecule is COc1ccc(Nc2ccc(NS(=O)(=O)c3cccs3)cn2)cc1Cl. The summed E-state index contributed by atoms with van der Waals surface area (Å²) in [4.78, 5) is 4.20. The fourth-order valence-electron chi connectivity index (χ4n) is 2.04. The van der Waals surface area contributed by atoms with Crippen molar-refractivity contribution in [1.82, 2.24) is 4.98 Å². The molecule has 0 bridgehead atoms. The van der Waals surface area contributed by atoms with E-state index in [1.165, 1.54) is 6.20 Å². The van der Waals surface area contributed by atoms with Crippen LogP contribution in [0.25, 0.3) is 0 Å². The maximum Gasteiger partial charge on any atom is 0.271 e. The van der Waals surface area contributed by atoms with Gasteiger partial charge in [-0.25, -0.2) is 13.4 Å². The van der Waals surface area contributed by atoms with Crippen molar-refractivity contribution in [3.63, 3.8) is 0 Å². The number of halogens is 1. The lowest BCUT2D eigenvalue weighted by Crippen LogP contribution is -2.11. The Morgan fingerprint density at radius 1 is 1.16 bits per heavy atom. The summed E-state index contributed by atoms with van der Waals surface area (Å²) >= 11 is 7.23.